The lowest BCUT2D eigenvalue weighted by Crippen LogP contribution is -2.44. The number of ether oxygens (including phenoxy) is 1. The molecule has 2 heterocycles. The van der Waals surface area contributed by atoms with E-state index < -0.39 is 0 Å². The first-order chi connectivity index (χ1) is 12.6. The van der Waals surface area contributed by atoms with E-state index in [1.165, 1.54) is 5.69 Å². The molecule has 1 fully saturated rings. The number of piperazine rings is 1. The van der Waals surface area contributed by atoms with Crippen molar-refractivity contribution in [1.82, 2.24) is 14.9 Å². The quantitative estimate of drug-likeness (QED) is 0.738. The molecule has 1 aliphatic rings. The fraction of sp³-hybridized carbons (Fsp3) is 0.474. The van der Waals surface area contributed by atoms with Crippen LogP contribution < -0.4 is 15.5 Å². The maximum atomic E-state index is 5.05. The third-order valence-electron chi connectivity index (χ3n) is 4.45. The number of anilines is 4. The second-order valence-corrected chi connectivity index (χ2v) is 6.60. The van der Waals surface area contributed by atoms with Crippen molar-refractivity contribution in [3.05, 3.63) is 36.0 Å². The molecular formula is C19H28N6O. The summed E-state index contributed by atoms with van der Waals surface area (Å²) in [7, 11) is 3.85. The number of aromatic nitrogens is 2. The Balaban J connectivity index is 1.63. The standard InChI is InChI=1S/C19H28N6O/c1-15-14-18(23-19(21-15)20-8-13-26-3)22-16-4-6-17(7-5-16)25-11-9-24(2)10-12-25/h4-7,14H,8-13H2,1-3H3,(H2,20,21,22,23). The zero-order chi connectivity index (χ0) is 18.4. The van der Waals surface area contributed by atoms with Gasteiger partial charge in [0.2, 0.25) is 5.95 Å². The van der Waals surface area contributed by atoms with Crippen molar-refractivity contribution < 1.29 is 4.74 Å². The molecule has 0 radical (unpaired) electrons. The highest BCUT2D eigenvalue weighted by atomic mass is 16.5. The van der Waals surface area contributed by atoms with Crippen LogP contribution in [0.25, 0.3) is 0 Å². The normalized spacial score (nSPS) is 15.1. The minimum atomic E-state index is 0.610. The van der Waals surface area contributed by atoms with Crippen molar-refractivity contribution in [2.45, 2.75) is 6.92 Å². The number of benzene rings is 1. The van der Waals surface area contributed by atoms with Crippen LogP contribution >= 0.6 is 0 Å². The predicted octanol–water partition coefficient (Wildman–Crippen LogP) is 2.34. The Hall–Kier alpha value is -2.38. The van der Waals surface area contributed by atoms with E-state index in [0.717, 1.165) is 43.4 Å². The Morgan fingerprint density at radius 1 is 1.08 bits per heavy atom. The van der Waals surface area contributed by atoms with Gasteiger partial charge in [-0.1, -0.05) is 0 Å². The van der Waals surface area contributed by atoms with Crippen molar-refractivity contribution >= 4 is 23.1 Å². The summed E-state index contributed by atoms with van der Waals surface area (Å²) >= 11 is 0. The van der Waals surface area contributed by atoms with Gasteiger partial charge in [-0.25, -0.2) is 4.98 Å². The van der Waals surface area contributed by atoms with Crippen LogP contribution in [0.3, 0.4) is 0 Å². The molecule has 140 valence electrons. The number of nitrogens with one attached hydrogen (secondary N) is 2. The molecule has 2 aromatic rings. The highest BCUT2D eigenvalue weighted by molar-refractivity contribution is 5.61. The van der Waals surface area contributed by atoms with Crippen LogP contribution in [0.1, 0.15) is 5.69 Å². The highest BCUT2D eigenvalue weighted by Gasteiger charge is 2.14. The summed E-state index contributed by atoms with van der Waals surface area (Å²) in [6.45, 7) is 7.63. The summed E-state index contributed by atoms with van der Waals surface area (Å²) in [5.74, 6) is 1.39. The Labute approximate surface area is 155 Å². The van der Waals surface area contributed by atoms with Crippen molar-refractivity contribution in [2.75, 3.05) is 69.0 Å². The number of likely N-dealkylation sites (N-methyl/N-ethyl adjacent to an activating group) is 1. The van der Waals surface area contributed by atoms with Crippen molar-refractivity contribution in [2.24, 2.45) is 0 Å². The van der Waals surface area contributed by atoms with Gasteiger partial charge in [0.15, 0.2) is 0 Å². The molecular weight excluding hydrogens is 328 g/mol. The minimum Gasteiger partial charge on any atom is -0.383 e. The molecule has 7 heteroatoms. The summed E-state index contributed by atoms with van der Waals surface area (Å²) in [6, 6.07) is 10.5. The summed E-state index contributed by atoms with van der Waals surface area (Å²) in [6.07, 6.45) is 0. The second-order valence-electron chi connectivity index (χ2n) is 6.60. The van der Waals surface area contributed by atoms with Crippen molar-refractivity contribution in [3.63, 3.8) is 0 Å². The Morgan fingerprint density at radius 3 is 2.50 bits per heavy atom. The highest BCUT2D eigenvalue weighted by Crippen LogP contribution is 2.22. The summed E-state index contributed by atoms with van der Waals surface area (Å²) in [4.78, 5) is 13.7. The van der Waals surface area contributed by atoms with Crippen LogP contribution in [-0.2, 0) is 4.74 Å². The predicted molar refractivity (Wildman–Crippen MR) is 107 cm³/mol. The molecule has 0 aliphatic carbocycles. The van der Waals surface area contributed by atoms with E-state index in [9.17, 15) is 0 Å². The summed E-state index contributed by atoms with van der Waals surface area (Å²) in [5.41, 5.74) is 3.20. The topological polar surface area (TPSA) is 65.6 Å². The van der Waals surface area contributed by atoms with E-state index in [0.29, 0.717) is 19.1 Å². The number of aryl methyl sites for hydroxylation is 1. The zero-order valence-corrected chi connectivity index (χ0v) is 15.8. The van der Waals surface area contributed by atoms with E-state index in [4.69, 9.17) is 4.74 Å². The Morgan fingerprint density at radius 2 is 1.81 bits per heavy atom. The molecule has 1 aromatic carbocycles. The zero-order valence-electron chi connectivity index (χ0n) is 15.8. The average molecular weight is 356 g/mol. The SMILES string of the molecule is COCCNc1nc(C)cc(Nc2ccc(N3CCN(C)CC3)cc2)n1. The Kier molecular flexibility index (Phi) is 6.25. The maximum absolute atomic E-state index is 5.05. The molecule has 26 heavy (non-hydrogen) atoms. The molecule has 3 rings (SSSR count). The monoisotopic (exact) mass is 356 g/mol. The molecule has 0 spiro atoms. The molecule has 1 aliphatic heterocycles. The van der Waals surface area contributed by atoms with Gasteiger partial charge in [-0.2, -0.15) is 4.98 Å². The van der Waals surface area contributed by atoms with Crippen LogP contribution in [0.15, 0.2) is 30.3 Å². The van der Waals surface area contributed by atoms with Crippen LogP contribution in [0, 0.1) is 6.92 Å². The van der Waals surface area contributed by atoms with E-state index in [1.54, 1.807) is 7.11 Å². The molecule has 1 aromatic heterocycles. The van der Waals surface area contributed by atoms with Gasteiger partial charge in [0.1, 0.15) is 5.82 Å². The fourth-order valence-electron chi connectivity index (χ4n) is 2.94. The van der Waals surface area contributed by atoms with Gasteiger partial charge in [0.05, 0.1) is 6.61 Å². The van der Waals surface area contributed by atoms with E-state index in [-0.39, 0.29) is 0 Å². The van der Waals surface area contributed by atoms with Crippen LogP contribution in [0.2, 0.25) is 0 Å². The van der Waals surface area contributed by atoms with Gasteiger partial charge in [0, 0.05) is 63.0 Å². The van der Waals surface area contributed by atoms with E-state index >= 15 is 0 Å². The Bertz CT molecular complexity index is 698. The first-order valence-electron chi connectivity index (χ1n) is 9.03. The molecule has 7 nitrogen and oxygen atoms in total. The first-order valence-corrected chi connectivity index (χ1v) is 9.03. The van der Waals surface area contributed by atoms with Crippen LogP contribution in [0.5, 0.6) is 0 Å². The van der Waals surface area contributed by atoms with Crippen molar-refractivity contribution in [1.29, 1.82) is 0 Å². The van der Waals surface area contributed by atoms with E-state index in [2.05, 4.69) is 61.7 Å². The third kappa shape index (κ3) is 5.06. The van der Waals surface area contributed by atoms with Crippen LogP contribution in [0.4, 0.5) is 23.1 Å². The van der Waals surface area contributed by atoms with Gasteiger partial charge < -0.3 is 25.2 Å². The van der Waals surface area contributed by atoms with Gasteiger partial charge in [-0.05, 0) is 38.2 Å². The largest absolute Gasteiger partial charge is 0.383 e. The number of nitrogens with zero attached hydrogens (tertiary/aromatic N) is 4. The van der Waals surface area contributed by atoms with Crippen LogP contribution in [-0.4, -0.2) is 68.4 Å². The number of hydrogen-bond acceptors (Lipinski definition) is 7. The van der Waals surface area contributed by atoms with Gasteiger partial charge in [0.25, 0.3) is 0 Å². The van der Waals surface area contributed by atoms with Gasteiger partial charge in [-0.15, -0.1) is 0 Å². The first kappa shape index (κ1) is 18.4. The minimum absolute atomic E-state index is 0.610. The fourth-order valence-corrected chi connectivity index (χ4v) is 2.94. The molecule has 0 bridgehead atoms. The number of rotatable bonds is 7. The summed E-state index contributed by atoms with van der Waals surface area (Å²) < 4.78 is 5.05. The third-order valence-corrected chi connectivity index (χ3v) is 4.45. The molecule has 0 atom stereocenters. The number of methoxy groups -OCH3 is 1. The molecule has 0 amide bonds. The second kappa shape index (κ2) is 8.82. The lowest BCUT2D eigenvalue weighted by Gasteiger charge is -2.34. The van der Waals surface area contributed by atoms with Gasteiger partial charge >= 0.3 is 0 Å². The average Bonchev–Trinajstić information content (AvgIpc) is 2.63. The molecule has 2 N–H and O–H groups in total. The van der Waals surface area contributed by atoms with Gasteiger partial charge in [-0.3, -0.25) is 0 Å². The maximum Gasteiger partial charge on any atom is 0.224 e. The molecule has 0 saturated carbocycles. The smallest absolute Gasteiger partial charge is 0.224 e. The number of hydrogen-bond donors (Lipinski definition) is 2. The molecule has 0 unspecified atom stereocenters. The van der Waals surface area contributed by atoms with Crippen molar-refractivity contribution in [3.8, 4) is 0 Å². The summed E-state index contributed by atoms with van der Waals surface area (Å²) in [5, 5.41) is 6.53. The lowest BCUT2D eigenvalue weighted by molar-refractivity contribution is 0.210. The molecule has 1 saturated heterocycles. The lowest BCUT2D eigenvalue weighted by atomic mass is 10.2. The van der Waals surface area contributed by atoms with E-state index in [1.807, 2.05) is 13.0 Å².